The summed E-state index contributed by atoms with van der Waals surface area (Å²) in [5, 5.41) is 0. The van der Waals surface area contributed by atoms with Crippen molar-refractivity contribution in [1.29, 1.82) is 0 Å². The molecular weight excluding hydrogens is 284 g/mol. The fraction of sp³-hybridized carbons (Fsp3) is 0. The summed E-state index contributed by atoms with van der Waals surface area (Å²) in [5.74, 6) is 0. The van der Waals surface area contributed by atoms with E-state index in [-0.39, 0.29) is 93.1 Å². The van der Waals surface area contributed by atoms with E-state index in [2.05, 4.69) is 0 Å². The van der Waals surface area contributed by atoms with Crippen molar-refractivity contribution in [2.24, 2.45) is 0 Å². The van der Waals surface area contributed by atoms with E-state index in [0.29, 0.717) is 0 Å². The standard InChI is InChI=1S/FH.Li.Tm.Y.H/h1H;;;;. The van der Waals surface area contributed by atoms with E-state index in [0.717, 1.165) is 0 Å². The summed E-state index contributed by atoms with van der Waals surface area (Å²) in [7, 11) is 0. The van der Waals surface area contributed by atoms with Crippen LogP contribution in [0.25, 0.3) is 0 Å². The summed E-state index contributed by atoms with van der Waals surface area (Å²) in [4.78, 5) is 0. The zero-order valence-corrected chi connectivity index (χ0v) is 5.88. The minimum atomic E-state index is 0. The first-order valence-electron chi connectivity index (χ1n) is 0. The van der Waals surface area contributed by atoms with Crippen LogP contribution >= 0.6 is 0 Å². The largest absolute Gasteiger partial charge is 0 e. The fourth-order valence-electron chi connectivity index (χ4n) is 0. The van der Waals surface area contributed by atoms with Crippen molar-refractivity contribution in [3.63, 3.8) is 0 Å². The number of hydrogen-bond acceptors (Lipinski definition) is 0. The van der Waals surface area contributed by atoms with Crippen molar-refractivity contribution in [1.82, 2.24) is 0 Å². The molecule has 0 aromatic rings. The SMILES string of the molecule is F.[LiH].[Tm].[Y]. The van der Waals surface area contributed by atoms with Crippen LogP contribution in [-0.2, 0) is 32.7 Å². The molecule has 4 heavy (non-hydrogen) atoms. The first-order valence-corrected chi connectivity index (χ1v) is 0. The van der Waals surface area contributed by atoms with Crippen LogP contribution in [-0.4, -0.2) is 18.9 Å². The van der Waals surface area contributed by atoms with E-state index in [1.807, 2.05) is 0 Å². The zero-order chi connectivity index (χ0) is 0. The Morgan fingerprint density at radius 1 is 1.00 bits per heavy atom. The van der Waals surface area contributed by atoms with Gasteiger partial charge in [-0.1, -0.05) is 0 Å². The van der Waals surface area contributed by atoms with Gasteiger partial charge in [0.2, 0.25) is 0 Å². The molecule has 0 spiro atoms. The maximum absolute atomic E-state index is 0. The van der Waals surface area contributed by atoms with Gasteiger partial charge in [-0.25, -0.2) is 0 Å². The van der Waals surface area contributed by atoms with E-state index < -0.39 is 0 Å². The molecule has 0 nitrogen and oxygen atoms in total. The Kier molecular flexibility index (Phi) is 122. The van der Waals surface area contributed by atoms with Crippen LogP contribution in [0.1, 0.15) is 0 Å². The second-order valence-electron chi connectivity index (χ2n) is 0. The van der Waals surface area contributed by atoms with Gasteiger partial charge in [-0.2, -0.15) is 0 Å². The molecule has 4 heteroatoms. The second kappa shape index (κ2) is 16.9. The topological polar surface area (TPSA) is 0 Å². The maximum atomic E-state index is 0. The Bertz CT molecular complexity index is 8.00. The van der Waals surface area contributed by atoms with Gasteiger partial charge < -0.3 is 0 Å². The van der Waals surface area contributed by atoms with Crippen LogP contribution in [0.5, 0.6) is 0 Å². The molecular formula is H2FLiTmY. The number of rotatable bonds is 0. The summed E-state index contributed by atoms with van der Waals surface area (Å²) in [6, 6.07) is 0. The molecule has 0 rings (SSSR count). The molecule has 0 unspecified atom stereocenters. The van der Waals surface area contributed by atoms with Crippen molar-refractivity contribution < 1.29 is 74.3 Å². The van der Waals surface area contributed by atoms with Crippen LogP contribution in [0, 0.1) is 36.9 Å². The van der Waals surface area contributed by atoms with Gasteiger partial charge in [0.05, 0.1) is 0 Å². The normalized spacial score (nSPS) is 0. The third-order valence-electron chi connectivity index (χ3n) is 0. The first-order chi connectivity index (χ1) is 0. The van der Waals surface area contributed by atoms with Crippen LogP contribution in [0.2, 0.25) is 0 Å². The molecule has 26 valence electrons. The summed E-state index contributed by atoms with van der Waals surface area (Å²) in [5.41, 5.74) is 0. The van der Waals surface area contributed by atoms with Crippen molar-refractivity contribution in [2.45, 2.75) is 0 Å². The van der Waals surface area contributed by atoms with Gasteiger partial charge in [0, 0.05) is 69.6 Å². The Morgan fingerprint density at radius 3 is 1.00 bits per heavy atom. The Labute approximate surface area is 91.1 Å². The van der Waals surface area contributed by atoms with Gasteiger partial charge in [0.25, 0.3) is 0 Å². The molecule has 0 aliphatic heterocycles. The monoisotopic (exact) mass is 286 g/mol. The van der Waals surface area contributed by atoms with E-state index in [9.17, 15) is 0 Å². The van der Waals surface area contributed by atoms with Gasteiger partial charge in [-0.15, -0.1) is 0 Å². The minimum absolute atomic E-state index is 0. The molecule has 0 aromatic heterocycles. The molecule has 0 saturated heterocycles. The Hall–Kier alpha value is 2.87. The molecule has 0 atom stereocenters. The molecule has 2 radical (unpaired) electrons. The predicted octanol–water partition coefficient (Wildman–Crippen LogP) is -0.498. The first kappa shape index (κ1) is 28.8. The van der Waals surface area contributed by atoms with Crippen molar-refractivity contribution >= 4 is 18.9 Å². The Morgan fingerprint density at radius 2 is 1.00 bits per heavy atom. The molecule has 0 aromatic carbocycles. The van der Waals surface area contributed by atoms with Crippen molar-refractivity contribution in [2.75, 3.05) is 0 Å². The van der Waals surface area contributed by atoms with Gasteiger partial charge in [0.1, 0.15) is 0 Å². The fourth-order valence-corrected chi connectivity index (χ4v) is 0. The van der Waals surface area contributed by atoms with E-state index in [1.165, 1.54) is 0 Å². The molecule has 0 aliphatic carbocycles. The predicted molar refractivity (Wildman–Crippen MR) is 9.65 cm³/mol. The van der Waals surface area contributed by atoms with E-state index in [4.69, 9.17) is 0 Å². The average molecular weight is 286 g/mol. The number of hydrogen-bond donors (Lipinski definition) is 0. The molecule has 0 saturated carbocycles. The van der Waals surface area contributed by atoms with Crippen LogP contribution in [0.4, 0.5) is 4.70 Å². The average Bonchev–Trinajstić information content (AvgIpc) is 0. The molecule has 0 heterocycles. The summed E-state index contributed by atoms with van der Waals surface area (Å²) < 4.78 is 0. The van der Waals surface area contributed by atoms with Crippen LogP contribution in [0.3, 0.4) is 0 Å². The Balaban J connectivity index is 0. The van der Waals surface area contributed by atoms with E-state index in [1.54, 1.807) is 0 Å². The molecule has 0 fully saturated rings. The smallest absolute Gasteiger partial charge is 0 e. The maximum Gasteiger partial charge on any atom is 0 e. The van der Waals surface area contributed by atoms with Crippen molar-refractivity contribution in [3.05, 3.63) is 0 Å². The van der Waals surface area contributed by atoms with Gasteiger partial charge in [-0.3, -0.25) is 4.70 Å². The van der Waals surface area contributed by atoms with Gasteiger partial charge in [-0.05, 0) is 0 Å². The third-order valence-corrected chi connectivity index (χ3v) is 0. The molecule has 0 amide bonds. The third kappa shape index (κ3) is 8.85. The number of halogens is 1. The van der Waals surface area contributed by atoms with E-state index >= 15 is 0 Å². The summed E-state index contributed by atoms with van der Waals surface area (Å²) >= 11 is 0. The molecule has 0 bridgehead atoms. The van der Waals surface area contributed by atoms with Crippen molar-refractivity contribution in [3.8, 4) is 0 Å². The van der Waals surface area contributed by atoms with Crippen LogP contribution < -0.4 is 0 Å². The summed E-state index contributed by atoms with van der Waals surface area (Å²) in [6.07, 6.45) is 0. The molecule has 0 N–H and O–H groups in total. The quantitative estimate of drug-likeness (QED) is 0.527. The van der Waals surface area contributed by atoms with Crippen LogP contribution in [0.15, 0.2) is 0 Å². The second-order valence-corrected chi connectivity index (χ2v) is 0. The zero-order valence-electron chi connectivity index (χ0n) is 1.26. The van der Waals surface area contributed by atoms with Gasteiger partial charge >= 0.3 is 18.9 Å². The van der Waals surface area contributed by atoms with Gasteiger partial charge in [0.15, 0.2) is 0 Å². The molecule has 0 aliphatic rings. The summed E-state index contributed by atoms with van der Waals surface area (Å²) in [6.45, 7) is 0. The minimum Gasteiger partial charge on any atom is 0 e.